The quantitative estimate of drug-likeness (QED) is 0.177. The summed E-state index contributed by atoms with van der Waals surface area (Å²) in [5.74, 6) is 1.73. The van der Waals surface area contributed by atoms with E-state index < -0.39 is 11.9 Å². The van der Waals surface area contributed by atoms with E-state index in [2.05, 4.69) is 31.0 Å². The fourth-order valence-corrected chi connectivity index (χ4v) is 4.52. The molecule has 0 amide bonds. The van der Waals surface area contributed by atoms with Gasteiger partial charge in [-0.2, -0.15) is 0 Å². The summed E-state index contributed by atoms with van der Waals surface area (Å²) < 4.78 is 17.6. The van der Waals surface area contributed by atoms with Gasteiger partial charge in [0.25, 0.3) is 0 Å². The summed E-state index contributed by atoms with van der Waals surface area (Å²) >= 11 is 12.8. The predicted octanol–water partition coefficient (Wildman–Crippen LogP) is 8.23. The van der Waals surface area contributed by atoms with Crippen LogP contribution in [-0.2, 0) is 16.0 Å². The van der Waals surface area contributed by atoms with Crippen LogP contribution in [0.3, 0.4) is 0 Å². The number of halogens is 2. The summed E-state index contributed by atoms with van der Waals surface area (Å²) in [5, 5.41) is 0.692. The molecule has 4 rings (SSSR count). The van der Waals surface area contributed by atoms with Crippen molar-refractivity contribution in [2.24, 2.45) is 11.8 Å². The van der Waals surface area contributed by atoms with Crippen LogP contribution in [0.4, 0.5) is 0 Å². The normalized spacial score (nSPS) is 14.3. The Labute approximate surface area is 234 Å². The molecule has 1 saturated carbocycles. The topological polar surface area (TPSA) is 57.7 Å². The summed E-state index contributed by atoms with van der Waals surface area (Å²) in [6.45, 7) is 6.82. The molecular formula is C31H33Cl2NO4. The number of carbonyl (C=O) groups is 1. The SMILES string of the molecule is COc1ccc(/C(=C/c2c(Cl)cncc2Cl)OC(=O)C(C)c2ccc(CC(C)C)cc2)cc1OCC1CC1. The minimum absolute atomic E-state index is 0.298. The lowest BCUT2D eigenvalue weighted by Crippen LogP contribution is -2.13. The smallest absolute Gasteiger partial charge is 0.318 e. The number of esters is 1. The van der Waals surface area contributed by atoms with Crippen molar-refractivity contribution in [3.63, 3.8) is 0 Å². The third kappa shape index (κ3) is 7.30. The molecule has 0 spiro atoms. The Balaban J connectivity index is 1.65. The molecule has 0 aliphatic heterocycles. The van der Waals surface area contributed by atoms with E-state index in [1.165, 1.54) is 30.8 Å². The summed E-state index contributed by atoms with van der Waals surface area (Å²) in [4.78, 5) is 17.4. The molecule has 0 N–H and O–H groups in total. The molecule has 0 radical (unpaired) electrons. The second-order valence-corrected chi connectivity index (χ2v) is 10.9. The second kappa shape index (κ2) is 12.7. The number of aromatic nitrogens is 1. The van der Waals surface area contributed by atoms with Gasteiger partial charge >= 0.3 is 5.97 Å². The summed E-state index contributed by atoms with van der Waals surface area (Å²) in [6.07, 6.45) is 7.98. The summed E-state index contributed by atoms with van der Waals surface area (Å²) in [6, 6.07) is 13.5. The number of hydrogen-bond donors (Lipinski definition) is 0. The Morgan fingerprint density at radius 1 is 1.03 bits per heavy atom. The Hall–Kier alpha value is -3.02. The lowest BCUT2D eigenvalue weighted by molar-refractivity contribution is -0.137. The molecule has 0 bridgehead atoms. The molecule has 5 nitrogen and oxygen atoms in total. The van der Waals surface area contributed by atoms with Gasteiger partial charge in [0.05, 0.1) is 29.7 Å². The van der Waals surface area contributed by atoms with Crippen molar-refractivity contribution in [1.29, 1.82) is 0 Å². The molecule has 1 heterocycles. The molecule has 0 saturated heterocycles. The highest BCUT2D eigenvalue weighted by atomic mass is 35.5. The molecule has 2 aromatic carbocycles. The van der Waals surface area contributed by atoms with Gasteiger partial charge in [-0.05, 0) is 73.4 Å². The zero-order valence-electron chi connectivity index (χ0n) is 22.2. The molecule has 1 aromatic heterocycles. The number of ether oxygens (including phenoxy) is 3. The molecule has 200 valence electrons. The first-order valence-corrected chi connectivity index (χ1v) is 13.6. The zero-order chi connectivity index (χ0) is 27.2. The number of methoxy groups -OCH3 is 1. The van der Waals surface area contributed by atoms with Crippen LogP contribution in [-0.4, -0.2) is 24.7 Å². The highest BCUT2D eigenvalue weighted by Crippen LogP contribution is 2.36. The Kier molecular flexibility index (Phi) is 9.35. The molecule has 1 aliphatic carbocycles. The molecule has 7 heteroatoms. The van der Waals surface area contributed by atoms with Crippen LogP contribution in [0.25, 0.3) is 11.8 Å². The van der Waals surface area contributed by atoms with Gasteiger partial charge < -0.3 is 14.2 Å². The number of rotatable bonds is 11. The van der Waals surface area contributed by atoms with Gasteiger partial charge in [-0.3, -0.25) is 9.78 Å². The van der Waals surface area contributed by atoms with Crippen molar-refractivity contribution in [1.82, 2.24) is 4.98 Å². The minimum Gasteiger partial charge on any atom is -0.493 e. The van der Waals surface area contributed by atoms with Gasteiger partial charge in [0, 0.05) is 23.5 Å². The van der Waals surface area contributed by atoms with E-state index in [1.807, 2.05) is 31.2 Å². The van der Waals surface area contributed by atoms with E-state index in [-0.39, 0.29) is 0 Å². The Bertz CT molecular complexity index is 1280. The fraction of sp³-hybridized carbons (Fsp3) is 0.355. The standard InChI is InChI=1S/C31H33Cl2NO4/c1-19(2)13-21-7-9-23(10-8-21)20(3)31(35)38-29(15-25-26(32)16-34-17-27(25)33)24-11-12-28(36-4)30(14-24)37-18-22-5-6-22/h7-12,14-17,19-20,22H,5-6,13,18H2,1-4H3/b29-15-. The molecule has 1 fully saturated rings. The molecule has 1 aliphatic rings. The second-order valence-electron chi connectivity index (χ2n) is 10.1. The lowest BCUT2D eigenvalue weighted by Gasteiger charge is -2.17. The zero-order valence-corrected chi connectivity index (χ0v) is 23.7. The van der Waals surface area contributed by atoms with Crippen LogP contribution in [0.1, 0.15) is 61.8 Å². The molecule has 1 atom stereocenters. The van der Waals surface area contributed by atoms with Crippen molar-refractivity contribution in [2.75, 3.05) is 13.7 Å². The number of carbonyl (C=O) groups excluding carboxylic acids is 1. The van der Waals surface area contributed by atoms with Gasteiger partial charge in [-0.1, -0.05) is 61.3 Å². The third-order valence-electron chi connectivity index (χ3n) is 6.47. The van der Waals surface area contributed by atoms with Crippen LogP contribution >= 0.6 is 23.2 Å². The summed E-state index contributed by atoms with van der Waals surface area (Å²) in [5.41, 5.74) is 3.26. The van der Waals surface area contributed by atoms with Crippen molar-refractivity contribution < 1.29 is 19.0 Å². The van der Waals surface area contributed by atoms with Crippen LogP contribution in [0.5, 0.6) is 11.5 Å². The van der Waals surface area contributed by atoms with E-state index >= 15 is 0 Å². The number of nitrogens with zero attached hydrogens (tertiary/aromatic N) is 1. The van der Waals surface area contributed by atoms with E-state index in [4.69, 9.17) is 37.4 Å². The maximum absolute atomic E-state index is 13.4. The van der Waals surface area contributed by atoms with Crippen molar-refractivity contribution >= 4 is 41.0 Å². The molecule has 38 heavy (non-hydrogen) atoms. The molecule has 3 aromatic rings. The molecule has 1 unspecified atom stereocenters. The van der Waals surface area contributed by atoms with E-state index in [1.54, 1.807) is 19.3 Å². The van der Waals surface area contributed by atoms with Crippen LogP contribution in [0, 0.1) is 11.8 Å². The van der Waals surface area contributed by atoms with Gasteiger partial charge in [-0.15, -0.1) is 0 Å². The Morgan fingerprint density at radius 3 is 2.32 bits per heavy atom. The predicted molar refractivity (Wildman–Crippen MR) is 153 cm³/mol. The maximum atomic E-state index is 13.4. The van der Waals surface area contributed by atoms with Gasteiger partial charge in [0.1, 0.15) is 5.76 Å². The third-order valence-corrected chi connectivity index (χ3v) is 7.08. The highest BCUT2D eigenvalue weighted by molar-refractivity contribution is 6.37. The first-order chi connectivity index (χ1) is 18.2. The fourth-order valence-electron chi connectivity index (χ4n) is 4.04. The van der Waals surface area contributed by atoms with Crippen molar-refractivity contribution in [3.8, 4) is 11.5 Å². The largest absolute Gasteiger partial charge is 0.493 e. The Morgan fingerprint density at radius 2 is 1.71 bits per heavy atom. The van der Waals surface area contributed by atoms with Crippen LogP contribution < -0.4 is 9.47 Å². The van der Waals surface area contributed by atoms with E-state index in [9.17, 15) is 4.79 Å². The average molecular weight is 555 g/mol. The first kappa shape index (κ1) is 28.0. The number of hydrogen-bond acceptors (Lipinski definition) is 5. The monoisotopic (exact) mass is 553 g/mol. The van der Waals surface area contributed by atoms with Crippen molar-refractivity contribution in [3.05, 3.63) is 87.2 Å². The average Bonchev–Trinajstić information content (AvgIpc) is 3.73. The number of benzene rings is 2. The van der Waals surface area contributed by atoms with E-state index in [0.29, 0.717) is 56.9 Å². The number of pyridine rings is 1. The first-order valence-electron chi connectivity index (χ1n) is 12.9. The van der Waals surface area contributed by atoms with Crippen LogP contribution in [0.15, 0.2) is 54.9 Å². The van der Waals surface area contributed by atoms with Crippen LogP contribution in [0.2, 0.25) is 10.0 Å². The van der Waals surface area contributed by atoms with Gasteiger partial charge in [0.2, 0.25) is 0 Å². The highest BCUT2D eigenvalue weighted by Gasteiger charge is 2.24. The minimum atomic E-state index is -0.487. The molecular weight excluding hydrogens is 521 g/mol. The van der Waals surface area contributed by atoms with Crippen molar-refractivity contribution in [2.45, 2.75) is 46.0 Å². The summed E-state index contributed by atoms with van der Waals surface area (Å²) in [7, 11) is 1.60. The maximum Gasteiger partial charge on any atom is 0.318 e. The lowest BCUT2D eigenvalue weighted by atomic mass is 9.97. The van der Waals surface area contributed by atoms with E-state index in [0.717, 1.165) is 12.0 Å². The van der Waals surface area contributed by atoms with Gasteiger partial charge in [-0.25, -0.2) is 0 Å². The van der Waals surface area contributed by atoms with Gasteiger partial charge in [0.15, 0.2) is 11.5 Å².